The predicted molar refractivity (Wildman–Crippen MR) is 151 cm³/mol. The van der Waals surface area contributed by atoms with Crippen LogP contribution in [0.3, 0.4) is 0 Å². The Kier molecular flexibility index (Phi) is 6.63. The molecule has 0 bridgehead atoms. The summed E-state index contributed by atoms with van der Waals surface area (Å²) >= 11 is 0. The van der Waals surface area contributed by atoms with E-state index >= 15 is 0 Å². The summed E-state index contributed by atoms with van der Waals surface area (Å²) < 4.78 is 18.4. The fraction of sp³-hybridized carbons (Fsp3) is 0.344. The van der Waals surface area contributed by atoms with Crippen LogP contribution in [0, 0.1) is 26.2 Å². The molecule has 0 saturated carbocycles. The van der Waals surface area contributed by atoms with Crippen LogP contribution in [0.2, 0.25) is 0 Å². The molecule has 2 aliphatic rings. The van der Waals surface area contributed by atoms with E-state index in [9.17, 15) is 4.79 Å². The molecule has 38 heavy (non-hydrogen) atoms. The molecule has 1 N–H and O–H groups in total. The zero-order chi connectivity index (χ0) is 27.2. The van der Waals surface area contributed by atoms with Crippen molar-refractivity contribution in [2.45, 2.75) is 65.2 Å². The number of carbonyl (C=O) groups is 1. The molecule has 0 spiro atoms. The molecule has 0 unspecified atom stereocenters. The van der Waals surface area contributed by atoms with Crippen LogP contribution in [0.15, 0.2) is 54.6 Å². The van der Waals surface area contributed by atoms with Gasteiger partial charge in [-0.1, -0.05) is 54.5 Å². The van der Waals surface area contributed by atoms with Crippen LogP contribution in [-0.2, 0) is 20.6 Å². The number of ether oxygens (including phenoxy) is 1. The normalized spacial score (nSPS) is 17.0. The molecule has 6 heteroatoms. The number of alkyl carbamates (subject to hydrolysis) is 1. The van der Waals surface area contributed by atoms with E-state index in [0.29, 0.717) is 0 Å². The lowest BCUT2D eigenvalue weighted by molar-refractivity contribution is 0.00578. The van der Waals surface area contributed by atoms with Gasteiger partial charge in [0.15, 0.2) is 0 Å². The number of benzene rings is 3. The molecule has 5 rings (SSSR count). The van der Waals surface area contributed by atoms with E-state index in [2.05, 4.69) is 35.5 Å². The van der Waals surface area contributed by atoms with Gasteiger partial charge in [-0.3, -0.25) is 0 Å². The van der Waals surface area contributed by atoms with Gasteiger partial charge in [-0.05, 0) is 92.0 Å². The van der Waals surface area contributed by atoms with Gasteiger partial charge in [0.05, 0.1) is 11.2 Å². The van der Waals surface area contributed by atoms with Crippen molar-refractivity contribution in [3.8, 4) is 23.5 Å². The van der Waals surface area contributed by atoms with Gasteiger partial charge in [-0.2, -0.15) is 0 Å². The van der Waals surface area contributed by atoms with E-state index < -0.39 is 24.4 Å². The van der Waals surface area contributed by atoms with Gasteiger partial charge in [-0.15, -0.1) is 6.42 Å². The minimum atomic E-state index is -0.540. The molecular formula is C32H34BNO4. The number of hydrogen-bond donors (Lipinski definition) is 1. The number of nitrogens with one attached hydrogen (secondary N) is 1. The Balaban J connectivity index is 1.31. The molecular weight excluding hydrogens is 473 g/mol. The first-order valence-corrected chi connectivity index (χ1v) is 13.1. The maximum atomic E-state index is 12.8. The zero-order valence-electron chi connectivity index (χ0n) is 23.0. The van der Waals surface area contributed by atoms with Gasteiger partial charge in [0.2, 0.25) is 0 Å². The molecule has 5 nitrogen and oxygen atoms in total. The highest BCUT2D eigenvalue weighted by atomic mass is 16.7. The molecule has 1 fully saturated rings. The highest BCUT2D eigenvalue weighted by Gasteiger charge is 2.52. The summed E-state index contributed by atoms with van der Waals surface area (Å²) in [5.74, 6) is 2.79. The summed E-state index contributed by atoms with van der Waals surface area (Å²) in [5, 5.41) is 2.92. The Hall–Kier alpha value is -3.53. The van der Waals surface area contributed by atoms with Crippen LogP contribution in [0.1, 0.15) is 67.0 Å². The van der Waals surface area contributed by atoms with Crippen molar-refractivity contribution in [1.29, 1.82) is 0 Å². The first-order valence-electron chi connectivity index (χ1n) is 13.1. The number of carbonyl (C=O) groups excluding carboxylic acids is 1. The second-order valence-corrected chi connectivity index (χ2v) is 11.2. The van der Waals surface area contributed by atoms with Gasteiger partial charge < -0.3 is 19.4 Å². The maximum Gasteiger partial charge on any atom is 0.495 e. The molecule has 0 atom stereocenters. The predicted octanol–water partition coefficient (Wildman–Crippen LogP) is 5.62. The molecule has 0 radical (unpaired) electrons. The monoisotopic (exact) mass is 507 g/mol. The number of hydrogen-bond acceptors (Lipinski definition) is 4. The van der Waals surface area contributed by atoms with Crippen molar-refractivity contribution in [1.82, 2.24) is 5.32 Å². The average Bonchev–Trinajstić information content (AvgIpc) is 3.31. The highest BCUT2D eigenvalue weighted by molar-refractivity contribution is 6.63. The maximum absolute atomic E-state index is 12.8. The summed E-state index contributed by atoms with van der Waals surface area (Å²) in [6.45, 7) is 12.7. The average molecular weight is 507 g/mol. The first-order chi connectivity index (χ1) is 18.0. The van der Waals surface area contributed by atoms with Crippen LogP contribution in [0.25, 0.3) is 11.1 Å². The fourth-order valence-electron chi connectivity index (χ4n) is 5.45. The zero-order valence-corrected chi connectivity index (χ0v) is 23.0. The molecule has 3 aromatic carbocycles. The summed E-state index contributed by atoms with van der Waals surface area (Å²) in [6.07, 6.45) is 5.39. The third-order valence-electron chi connectivity index (χ3n) is 8.42. The molecule has 1 saturated heterocycles. The molecule has 1 aliphatic carbocycles. The van der Waals surface area contributed by atoms with Crippen molar-refractivity contribution in [3.05, 3.63) is 88.0 Å². The van der Waals surface area contributed by atoms with E-state index in [4.69, 9.17) is 20.5 Å². The second-order valence-electron chi connectivity index (χ2n) is 11.2. The summed E-state index contributed by atoms with van der Waals surface area (Å²) in [4.78, 5) is 12.8. The highest BCUT2D eigenvalue weighted by Crippen LogP contribution is 2.44. The van der Waals surface area contributed by atoms with Crippen LogP contribution in [0.5, 0.6) is 0 Å². The molecule has 1 heterocycles. The topological polar surface area (TPSA) is 56.8 Å². The van der Waals surface area contributed by atoms with E-state index in [-0.39, 0.29) is 19.1 Å². The number of amides is 1. The molecule has 3 aromatic rings. The van der Waals surface area contributed by atoms with Crippen molar-refractivity contribution >= 4 is 18.7 Å². The minimum Gasteiger partial charge on any atom is -0.449 e. The third kappa shape index (κ3) is 4.40. The molecule has 194 valence electrons. The fourth-order valence-corrected chi connectivity index (χ4v) is 5.45. The van der Waals surface area contributed by atoms with Gasteiger partial charge in [-0.25, -0.2) is 4.79 Å². The number of terminal acetylenes is 1. The van der Waals surface area contributed by atoms with Gasteiger partial charge in [0, 0.05) is 18.0 Å². The van der Waals surface area contributed by atoms with Crippen LogP contribution < -0.4 is 10.8 Å². The Morgan fingerprint density at radius 3 is 2.08 bits per heavy atom. The standard InChI is InChI=1S/C32H34BNO4/c1-8-22-17-23(21(3)29(20(22)2)33-37-31(4,5)32(6,7)38-33)18-34-30(35)36-19-28-26-15-11-9-13-24(26)25-14-10-12-16-27(25)28/h1,9-17,28H,18-19H2,2-7H3,(H,34,35). The Morgan fingerprint density at radius 1 is 0.974 bits per heavy atom. The smallest absolute Gasteiger partial charge is 0.449 e. The minimum absolute atomic E-state index is 0.0114. The summed E-state index contributed by atoms with van der Waals surface area (Å²) in [6, 6.07) is 18.5. The van der Waals surface area contributed by atoms with Crippen LogP contribution in [-0.4, -0.2) is 31.0 Å². The van der Waals surface area contributed by atoms with E-state index in [1.165, 1.54) is 22.3 Å². The van der Waals surface area contributed by atoms with Crippen molar-refractivity contribution < 1.29 is 18.8 Å². The lowest BCUT2D eigenvalue weighted by atomic mass is 9.71. The lowest BCUT2D eigenvalue weighted by Gasteiger charge is -2.32. The quantitative estimate of drug-likeness (QED) is 0.360. The van der Waals surface area contributed by atoms with Crippen LogP contribution >= 0.6 is 0 Å². The first kappa shape index (κ1) is 26.1. The van der Waals surface area contributed by atoms with Gasteiger partial charge >= 0.3 is 13.2 Å². The number of fused-ring (bicyclic) bond motifs is 3. The van der Waals surface area contributed by atoms with Crippen molar-refractivity contribution in [3.63, 3.8) is 0 Å². The Morgan fingerprint density at radius 2 is 1.53 bits per heavy atom. The largest absolute Gasteiger partial charge is 0.495 e. The van der Waals surface area contributed by atoms with Crippen LogP contribution in [0.4, 0.5) is 4.79 Å². The van der Waals surface area contributed by atoms with Crippen molar-refractivity contribution in [2.75, 3.05) is 6.61 Å². The third-order valence-corrected chi connectivity index (χ3v) is 8.42. The molecule has 1 aliphatic heterocycles. The van der Waals surface area contributed by atoms with E-state index in [0.717, 1.165) is 27.7 Å². The number of rotatable bonds is 5. The SMILES string of the molecule is C#Cc1cc(CNC(=O)OCC2c3ccccc3-c3ccccc32)c(C)c(B2OC(C)(C)C(C)(C)O2)c1C. The summed E-state index contributed by atoms with van der Waals surface area (Å²) in [7, 11) is -0.540. The van der Waals surface area contributed by atoms with Crippen molar-refractivity contribution in [2.24, 2.45) is 0 Å². The van der Waals surface area contributed by atoms with E-state index in [1.54, 1.807) is 0 Å². The van der Waals surface area contributed by atoms with Gasteiger partial charge in [0.1, 0.15) is 6.61 Å². The summed E-state index contributed by atoms with van der Waals surface area (Å²) in [5.41, 5.74) is 8.34. The van der Waals surface area contributed by atoms with Gasteiger partial charge in [0.25, 0.3) is 0 Å². The molecule has 0 aromatic heterocycles. The Labute approximate surface area is 226 Å². The Bertz CT molecular complexity index is 1390. The van der Waals surface area contributed by atoms with E-state index in [1.807, 2.05) is 71.9 Å². The second kappa shape index (κ2) is 9.65. The molecule has 1 amide bonds. The lowest BCUT2D eigenvalue weighted by Crippen LogP contribution is -2.41.